The number of nitrogens with zero attached hydrogens (tertiary/aromatic N) is 4. The average molecular weight is 429 g/mol. The Morgan fingerprint density at radius 1 is 1.03 bits per heavy atom. The molecule has 2 aromatic heterocycles. The van der Waals surface area contributed by atoms with Crippen LogP contribution in [0.2, 0.25) is 0 Å². The zero-order valence-electron chi connectivity index (χ0n) is 18.1. The second-order valence-corrected chi connectivity index (χ2v) is 8.90. The van der Waals surface area contributed by atoms with E-state index in [-0.39, 0.29) is 6.04 Å². The van der Waals surface area contributed by atoms with Gasteiger partial charge in [-0.3, -0.25) is 4.99 Å². The van der Waals surface area contributed by atoms with Crippen molar-refractivity contribution in [2.24, 2.45) is 4.99 Å². The maximum absolute atomic E-state index is 6.57. The maximum Gasteiger partial charge on any atom is 0.165 e. The highest BCUT2D eigenvalue weighted by atomic mass is 16.5. The Morgan fingerprint density at radius 2 is 1.88 bits per heavy atom. The third kappa shape index (κ3) is 3.42. The van der Waals surface area contributed by atoms with E-state index in [0.29, 0.717) is 6.04 Å². The molecule has 0 radical (unpaired) electrons. The number of nitrogens with one attached hydrogen (secondary N) is 1. The number of fused-ring (bicyclic) bond motifs is 2. The molecule has 6 rings (SSSR count). The highest BCUT2D eigenvalue weighted by Gasteiger charge is 2.31. The van der Waals surface area contributed by atoms with Gasteiger partial charge in [0.1, 0.15) is 5.82 Å². The zero-order chi connectivity index (χ0) is 21.5. The molecule has 164 valence electrons. The molecule has 1 atom stereocenters. The van der Waals surface area contributed by atoms with Crippen LogP contribution in [0.1, 0.15) is 60.5 Å². The number of hydrogen-bond acceptors (Lipinski definition) is 6. The fourth-order valence-electron chi connectivity index (χ4n) is 5.17. The van der Waals surface area contributed by atoms with E-state index in [4.69, 9.17) is 20.4 Å². The van der Waals surface area contributed by atoms with Crippen LogP contribution < -0.4 is 11.1 Å². The lowest BCUT2D eigenvalue weighted by atomic mass is 9.97. The van der Waals surface area contributed by atoms with Gasteiger partial charge in [-0.2, -0.15) is 9.61 Å². The van der Waals surface area contributed by atoms with E-state index in [1.807, 2.05) is 23.0 Å². The van der Waals surface area contributed by atoms with Crippen molar-refractivity contribution in [1.29, 1.82) is 0 Å². The molecule has 4 heterocycles. The number of aliphatic imine (C=N–C) groups is 1. The lowest BCUT2D eigenvalue weighted by Gasteiger charge is -2.26. The molecule has 0 spiro atoms. The number of benzene rings is 1. The summed E-state index contributed by atoms with van der Waals surface area (Å²) < 4.78 is 7.32. The number of ether oxygens (including phenoxy) is 1. The summed E-state index contributed by atoms with van der Waals surface area (Å²) in [4.78, 5) is 9.88. The predicted octanol–water partition coefficient (Wildman–Crippen LogP) is 3.69. The molecular weight excluding hydrogens is 400 g/mol. The number of hydrogen-bond donors (Lipinski definition) is 2. The minimum Gasteiger partial charge on any atom is -0.383 e. The van der Waals surface area contributed by atoms with E-state index in [0.717, 1.165) is 85.7 Å². The van der Waals surface area contributed by atoms with Crippen LogP contribution in [0.5, 0.6) is 0 Å². The van der Waals surface area contributed by atoms with Crippen LogP contribution in [0.4, 0.5) is 5.82 Å². The Bertz CT molecular complexity index is 1210. The maximum atomic E-state index is 6.57. The number of nitrogen functional groups attached to an aromatic ring is 1. The first-order valence-corrected chi connectivity index (χ1v) is 11.6. The molecule has 1 fully saturated rings. The van der Waals surface area contributed by atoms with Crippen molar-refractivity contribution < 1.29 is 4.74 Å². The van der Waals surface area contributed by atoms with E-state index < -0.39 is 0 Å². The normalized spacial score (nSPS) is 21.4. The summed E-state index contributed by atoms with van der Waals surface area (Å²) >= 11 is 0. The van der Waals surface area contributed by atoms with Gasteiger partial charge in [0.2, 0.25) is 0 Å². The van der Waals surface area contributed by atoms with Crippen molar-refractivity contribution in [3.63, 3.8) is 0 Å². The smallest absolute Gasteiger partial charge is 0.165 e. The minimum absolute atomic E-state index is 0.242. The van der Waals surface area contributed by atoms with Gasteiger partial charge in [0.15, 0.2) is 5.65 Å². The van der Waals surface area contributed by atoms with E-state index in [1.54, 1.807) is 0 Å². The first kappa shape index (κ1) is 19.6. The van der Waals surface area contributed by atoms with Crippen LogP contribution in [0.3, 0.4) is 0 Å². The summed E-state index contributed by atoms with van der Waals surface area (Å²) in [5.74, 6) is 0.720. The molecule has 1 aliphatic carbocycles. The Kier molecular flexibility index (Phi) is 5.00. The van der Waals surface area contributed by atoms with Crippen molar-refractivity contribution in [1.82, 2.24) is 19.9 Å². The average Bonchev–Trinajstić information content (AvgIpc) is 3.46. The van der Waals surface area contributed by atoms with Crippen molar-refractivity contribution in [2.45, 2.75) is 50.6 Å². The number of nitrogens with two attached hydrogens (primary N) is 1. The lowest BCUT2D eigenvalue weighted by Crippen LogP contribution is -2.37. The lowest BCUT2D eigenvalue weighted by molar-refractivity contribution is 0.0747. The van der Waals surface area contributed by atoms with Crippen LogP contribution in [-0.2, 0) is 11.2 Å². The molecule has 1 aromatic carbocycles. The Morgan fingerprint density at radius 3 is 2.66 bits per heavy atom. The number of allylic oxidation sites excluding steroid dienone is 1. The van der Waals surface area contributed by atoms with Crippen molar-refractivity contribution in [3.05, 3.63) is 65.1 Å². The standard InChI is InChI=1S/C25H28N6O/c26-24-19-7-9-22(29-18-10-12-32-13-11-18)23(19)30-25-20(15-28-31(24)25)17-6-8-21(27-14-17)16-4-2-1-3-5-16/h1-5,14-15,18,22,29H,6-13,26H2. The minimum atomic E-state index is 0.242. The molecule has 3 aliphatic rings. The first-order chi connectivity index (χ1) is 15.8. The van der Waals surface area contributed by atoms with Gasteiger partial charge in [0.25, 0.3) is 0 Å². The number of aromatic nitrogens is 3. The van der Waals surface area contributed by atoms with Gasteiger partial charge in [-0.05, 0) is 49.7 Å². The molecule has 1 saturated heterocycles. The summed E-state index contributed by atoms with van der Waals surface area (Å²) in [6.45, 7) is 1.66. The molecule has 3 aromatic rings. The molecule has 0 amide bonds. The Labute approximate surface area is 187 Å². The highest BCUT2D eigenvalue weighted by Crippen LogP contribution is 2.37. The van der Waals surface area contributed by atoms with Crippen molar-refractivity contribution >= 4 is 22.7 Å². The molecule has 3 N–H and O–H groups in total. The summed E-state index contributed by atoms with van der Waals surface area (Å²) in [7, 11) is 0. The fourth-order valence-corrected chi connectivity index (χ4v) is 5.17. The fraction of sp³-hybridized carbons (Fsp3) is 0.400. The first-order valence-electron chi connectivity index (χ1n) is 11.6. The second-order valence-electron chi connectivity index (χ2n) is 8.90. The van der Waals surface area contributed by atoms with Crippen LogP contribution in [0.15, 0.2) is 47.7 Å². The van der Waals surface area contributed by atoms with Crippen LogP contribution in [0, 0.1) is 0 Å². The third-order valence-electron chi connectivity index (χ3n) is 6.95. The summed E-state index contributed by atoms with van der Waals surface area (Å²) in [5.41, 5.74) is 14.1. The van der Waals surface area contributed by atoms with Gasteiger partial charge in [0, 0.05) is 42.3 Å². The molecular formula is C25H28N6O. The van der Waals surface area contributed by atoms with Gasteiger partial charge >= 0.3 is 0 Å². The Hall–Kier alpha value is -3.03. The second kappa shape index (κ2) is 8.15. The monoisotopic (exact) mass is 428 g/mol. The number of rotatable bonds is 4. The molecule has 32 heavy (non-hydrogen) atoms. The molecule has 0 bridgehead atoms. The largest absolute Gasteiger partial charge is 0.383 e. The van der Waals surface area contributed by atoms with Gasteiger partial charge in [-0.1, -0.05) is 30.3 Å². The van der Waals surface area contributed by atoms with Gasteiger partial charge in [-0.25, -0.2) is 4.98 Å². The topological polar surface area (TPSA) is 89.8 Å². The Balaban J connectivity index is 1.34. The van der Waals surface area contributed by atoms with E-state index >= 15 is 0 Å². The summed E-state index contributed by atoms with van der Waals surface area (Å²) in [6.07, 6.45) is 9.76. The number of anilines is 1. The summed E-state index contributed by atoms with van der Waals surface area (Å²) in [5, 5.41) is 8.41. The highest BCUT2D eigenvalue weighted by molar-refractivity contribution is 6.03. The van der Waals surface area contributed by atoms with Crippen LogP contribution in [-0.4, -0.2) is 39.6 Å². The molecule has 0 saturated carbocycles. The third-order valence-corrected chi connectivity index (χ3v) is 6.95. The van der Waals surface area contributed by atoms with E-state index in [2.05, 4.69) is 34.7 Å². The van der Waals surface area contributed by atoms with E-state index in [9.17, 15) is 0 Å². The van der Waals surface area contributed by atoms with Crippen molar-refractivity contribution in [3.8, 4) is 0 Å². The van der Waals surface area contributed by atoms with Gasteiger partial charge < -0.3 is 15.8 Å². The zero-order valence-corrected chi connectivity index (χ0v) is 18.1. The summed E-state index contributed by atoms with van der Waals surface area (Å²) in [6, 6.07) is 11.1. The quantitative estimate of drug-likeness (QED) is 0.661. The van der Waals surface area contributed by atoms with Gasteiger partial charge in [0.05, 0.1) is 17.9 Å². The van der Waals surface area contributed by atoms with Crippen molar-refractivity contribution in [2.75, 3.05) is 18.9 Å². The van der Waals surface area contributed by atoms with Crippen LogP contribution in [0.25, 0.3) is 11.2 Å². The SMILES string of the molecule is Nc1c2c(nc3c(C4=CN=C(c5ccccc5)CC4)cnn13)C(NC1CCOCC1)CC2. The van der Waals surface area contributed by atoms with Crippen LogP contribution >= 0.6 is 0 Å². The molecule has 1 unspecified atom stereocenters. The van der Waals surface area contributed by atoms with Gasteiger partial charge in [-0.15, -0.1) is 0 Å². The van der Waals surface area contributed by atoms with E-state index in [1.165, 1.54) is 11.1 Å². The molecule has 7 heteroatoms. The predicted molar refractivity (Wildman–Crippen MR) is 126 cm³/mol. The molecule has 7 nitrogen and oxygen atoms in total. The molecule has 2 aliphatic heterocycles.